The third-order valence-corrected chi connectivity index (χ3v) is 3.25. The van der Waals surface area contributed by atoms with Crippen LogP contribution in [0.4, 0.5) is 0 Å². The zero-order valence-corrected chi connectivity index (χ0v) is 11.2. The molecule has 3 nitrogen and oxygen atoms in total. The Bertz CT molecular complexity index is 420. The number of rotatable bonds is 4. The Kier molecular flexibility index (Phi) is 3.71. The van der Waals surface area contributed by atoms with Crippen LogP contribution in [-0.4, -0.2) is 24.1 Å². The Hall–Kier alpha value is -1.35. The van der Waals surface area contributed by atoms with Gasteiger partial charge in [0.15, 0.2) is 5.78 Å². The summed E-state index contributed by atoms with van der Waals surface area (Å²) in [5, 5.41) is 0. The van der Waals surface area contributed by atoms with Gasteiger partial charge in [0.2, 0.25) is 0 Å². The first kappa shape index (κ1) is 13.1. The van der Waals surface area contributed by atoms with Crippen molar-refractivity contribution in [3.05, 3.63) is 29.8 Å². The van der Waals surface area contributed by atoms with E-state index in [4.69, 9.17) is 9.47 Å². The number of carbonyl (C=O) groups is 1. The van der Waals surface area contributed by atoms with E-state index in [1.54, 1.807) is 19.1 Å². The van der Waals surface area contributed by atoms with Gasteiger partial charge in [-0.05, 0) is 57.9 Å². The molecule has 0 bridgehead atoms. The van der Waals surface area contributed by atoms with Crippen LogP contribution in [0.1, 0.15) is 44.0 Å². The van der Waals surface area contributed by atoms with Gasteiger partial charge in [-0.15, -0.1) is 0 Å². The normalized spacial score (nSPS) is 21.8. The second-order valence-electron chi connectivity index (χ2n) is 5.43. The van der Waals surface area contributed by atoms with Gasteiger partial charge in [0.05, 0.1) is 11.7 Å². The second kappa shape index (κ2) is 5.11. The molecule has 0 amide bonds. The first-order valence-electron chi connectivity index (χ1n) is 6.38. The Balaban J connectivity index is 1.85. The Morgan fingerprint density at radius 3 is 2.56 bits per heavy atom. The van der Waals surface area contributed by atoms with Gasteiger partial charge in [-0.3, -0.25) is 4.79 Å². The van der Waals surface area contributed by atoms with Crippen molar-refractivity contribution >= 4 is 5.78 Å². The fourth-order valence-electron chi connectivity index (χ4n) is 2.17. The van der Waals surface area contributed by atoms with E-state index >= 15 is 0 Å². The minimum atomic E-state index is -0.0213. The molecule has 0 saturated carbocycles. The fourth-order valence-corrected chi connectivity index (χ4v) is 2.17. The van der Waals surface area contributed by atoms with Gasteiger partial charge in [0, 0.05) is 5.56 Å². The van der Waals surface area contributed by atoms with E-state index in [1.807, 2.05) is 12.1 Å². The maximum absolute atomic E-state index is 11.1. The summed E-state index contributed by atoms with van der Waals surface area (Å²) in [5.74, 6) is 0.857. The quantitative estimate of drug-likeness (QED) is 0.767. The van der Waals surface area contributed by atoms with Crippen LogP contribution in [0.2, 0.25) is 0 Å². The van der Waals surface area contributed by atoms with Crippen molar-refractivity contribution < 1.29 is 14.3 Å². The average molecular weight is 248 g/mol. The lowest BCUT2D eigenvalue weighted by Gasteiger charge is -2.19. The van der Waals surface area contributed by atoms with E-state index in [1.165, 1.54) is 0 Å². The number of hydrogen-bond donors (Lipinski definition) is 0. The van der Waals surface area contributed by atoms with E-state index in [2.05, 4.69) is 13.8 Å². The molecular formula is C15H20O3. The van der Waals surface area contributed by atoms with Crippen LogP contribution >= 0.6 is 0 Å². The monoisotopic (exact) mass is 248 g/mol. The van der Waals surface area contributed by atoms with Crippen LogP contribution < -0.4 is 4.74 Å². The second-order valence-corrected chi connectivity index (χ2v) is 5.43. The summed E-state index contributed by atoms with van der Waals surface area (Å²) in [6, 6.07) is 7.24. The van der Waals surface area contributed by atoms with Crippen molar-refractivity contribution in [2.75, 3.05) is 6.61 Å². The molecule has 18 heavy (non-hydrogen) atoms. The van der Waals surface area contributed by atoms with E-state index < -0.39 is 0 Å². The number of carbonyl (C=O) groups excluding carboxylic acids is 1. The molecule has 1 aromatic carbocycles. The van der Waals surface area contributed by atoms with Gasteiger partial charge in [-0.25, -0.2) is 0 Å². The number of benzene rings is 1. The lowest BCUT2D eigenvalue weighted by molar-refractivity contribution is -0.0326. The third-order valence-electron chi connectivity index (χ3n) is 3.25. The molecule has 2 rings (SSSR count). The van der Waals surface area contributed by atoms with Crippen LogP contribution in [0.15, 0.2) is 24.3 Å². The summed E-state index contributed by atoms with van der Waals surface area (Å²) >= 11 is 0. The smallest absolute Gasteiger partial charge is 0.159 e. The highest BCUT2D eigenvalue weighted by atomic mass is 16.6. The van der Waals surface area contributed by atoms with Gasteiger partial charge in [0.25, 0.3) is 0 Å². The molecule has 1 unspecified atom stereocenters. The number of ether oxygens (including phenoxy) is 2. The molecular weight excluding hydrogens is 228 g/mol. The van der Waals surface area contributed by atoms with Gasteiger partial charge >= 0.3 is 0 Å². The third kappa shape index (κ3) is 3.33. The lowest BCUT2D eigenvalue weighted by atomic mass is 10.1. The molecule has 1 aliphatic heterocycles. The van der Waals surface area contributed by atoms with Gasteiger partial charge in [0.1, 0.15) is 12.4 Å². The minimum absolute atomic E-state index is 0.0213. The Morgan fingerprint density at radius 2 is 2.06 bits per heavy atom. The van der Waals surface area contributed by atoms with Gasteiger partial charge < -0.3 is 9.47 Å². The molecule has 0 aliphatic carbocycles. The molecule has 3 heteroatoms. The summed E-state index contributed by atoms with van der Waals surface area (Å²) in [6.45, 7) is 6.34. The minimum Gasteiger partial charge on any atom is -0.491 e. The van der Waals surface area contributed by atoms with E-state index in [0.717, 1.165) is 18.6 Å². The summed E-state index contributed by atoms with van der Waals surface area (Å²) < 4.78 is 11.5. The predicted molar refractivity (Wildman–Crippen MR) is 70.1 cm³/mol. The topological polar surface area (TPSA) is 35.5 Å². The molecule has 0 aromatic heterocycles. The molecule has 1 aliphatic rings. The number of ketones is 1. The van der Waals surface area contributed by atoms with Crippen molar-refractivity contribution in [3.63, 3.8) is 0 Å². The predicted octanol–water partition coefficient (Wildman–Crippen LogP) is 3.23. The largest absolute Gasteiger partial charge is 0.491 e. The summed E-state index contributed by atoms with van der Waals surface area (Å²) in [6.07, 6.45) is 2.29. The van der Waals surface area contributed by atoms with E-state index in [9.17, 15) is 4.79 Å². The van der Waals surface area contributed by atoms with Crippen molar-refractivity contribution in [1.29, 1.82) is 0 Å². The van der Waals surface area contributed by atoms with Crippen LogP contribution in [-0.2, 0) is 4.74 Å². The maximum Gasteiger partial charge on any atom is 0.159 e. The van der Waals surface area contributed by atoms with Crippen molar-refractivity contribution in [2.24, 2.45) is 0 Å². The molecule has 0 N–H and O–H groups in total. The lowest BCUT2D eigenvalue weighted by Crippen LogP contribution is -2.23. The molecule has 1 fully saturated rings. The Labute approximate surface area is 108 Å². The standard InChI is InChI=1S/C15H20O3/c1-11(16)12-4-6-13(7-5-12)17-10-14-8-9-15(2,3)18-14/h4-7,14H,8-10H2,1-3H3. The number of hydrogen-bond acceptors (Lipinski definition) is 3. The highest BCUT2D eigenvalue weighted by Gasteiger charge is 2.31. The van der Waals surface area contributed by atoms with Crippen molar-refractivity contribution in [3.8, 4) is 5.75 Å². The van der Waals surface area contributed by atoms with E-state index in [-0.39, 0.29) is 17.5 Å². The zero-order chi connectivity index (χ0) is 13.2. The average Bonchev–Trinajstić information content (AvgIpc) is 2.67. The van der Waals surface area contributed by atoms with Gasteiger partial charge in [-0.2, -0.15) is 0 Å². The molecule has 1 saturated heterocycles. The number of Topliss-reactive ketones (excluding diaryl/α,β-unsaturated/α-hetero) is 1. The van der Waals surface area contributed by atoms with E-state index in [0.29, 0.717) is 12.2 Å². The summed E-state index contributed by atoms with van der Waals surface area (Å²) in [5.41, 5.74) is 0.688. The van der Waals surface area contributed by atoms with Crippen LogP contribution in [0.25, 0.3) is 0 Å². The molecule has 0 spiro atoms. The highest BCUT2D eigenvalue weighted by Crippen LogP contribution is 2.29. The fraction of sp³-hybridized carbons (Fsp3) is 0.533. The molecule has 1 aromatic rings. The summed E-state index contributed by atoms with van der Waals surface area (Å²) in [4.78, 5) is 11.1. The first-order valence-corrected chi connectivity index (χ1v) is 6.38. The van der Waals surface area contributed by atoms with Crippen LogP contribution in [0, 0.1) is 0 Å². The molecule has 98 valence electrons. The molecule has 1 heterocycles. The summed E-state index contributed by atoms with van der Waals surface area (Å²) in [7, 11) is 0. The molecule has 0 radical (unpaired) electrons. The first-order chi connectivity index (χ1) is 8.46. The Morgan fingerprint density at radius 1 is 1.39 bits per heavy atom. The molecule has 1 atom stereocenters. The highest BCUT2D eigenvalue weighted by molar-refractivity contribution is 5.94. The SMILES string of the molecule is CC(=O)c1ccc(OCC2CCC(C)(C)O2)cc1. The van der Waals surface area contributed by atoms with Gasteiger partial charge in [-0.1, -0.05) is 0 Å². The maximum atomic E-state index is 11.1. The van der Waals surface area contributed by atoms with Crippen molar-refractivity contribution in [2.45, 2.75) is 45.3 Å². The zero-order valence-electron chi connectivity index (χ0n) is 11.2. The van der Waals surface area contributed by atoms with Crippen molar-refractivity contribution in [1.82, 2.24) is 0 Å². The van der Waals surface area contributed by atoms with Crippen LogP contribution in [0.3, 0.4) is 0 Å². The van der Waals surface area contributed by atoms with Crippen LogP contribution in [0.5, 0.6) is 5.75 Å².